The molecule has 2 aromatic carbocycles. The molecule has 0 N–H and O–H groups in total. The highest BCUT2D eigenvalue weighted by molar-refractivity contribution is 6.91. The van der Waals surface area contributed by atoms with Crippen LogP contribution in [0.5, 0.6) is 0 Å². The third kappa shape index (κ3) is 7.34. The van der Waals surface area contributed by atoms with Gasteiger partial charge in [0.05, 0.1) is 8.07 Å². The van der Waals surface area contributed by atoms with E-state index in [1.54, 1.807) is 10.8 Å². The average molecular weight is 489 g/mol. The second-order valence-electron chi connectivity index (χ2n) is 12.4. The number of hydrogen-bond donors (Lipinski definition) is 0. The van der Waals surface area contributed by atoms with Crippen molar-refractivity contribution in [2.24, 2.45) is 11.8 Å². The number of rotatable bonds is 11. The van der Waals surface area contributed by atoms with E-state index in [1.807, 2.05) is 0 Å². The molecule has 0 aromatic heterocycles. The van der Waals surface area contributed by atoms with Crippen molar-refractivity contribution in [1.29, 1.82) is 0 Å². The summed E-state index contributed by atoms with van der Waals surface area (Å²) in [4.78, 5) is 0. The molecule has 0 amide bonds. The van der Waals surface area contributed by atoms with E-state index in [-0.39, 0.29) is 0 Å². The van der Waals surface area contributed by atoms with Crippen LogP contribution in [0.15, 0.2) is 48.5 Å². The van der Waals surface area contributed by atoms with Crippen molar-refractivity contribution >= 4 is 13.3 Å². The summed E-state index contributed by atoms with van der Waals surface area (Å²) in [5.74, 6) is 2.80. The Morgan fingerprint density at radius 1 is 0.600 bits per heavy atom. The van der Waals surface area contributed by atoms with Gasteiger partial charge in [0.2, 0.25) is 0 Å². The minimum absolute atomic E-state index is 0.789. The van der Waals surface area contributed by atoms with Crippen LogP contribution < -0.4 is 5.19 Å². The van der Waals surface area contributed by atoms with Gasteiger partial charge in [-0.2, -0.15) is 0 Å². The van der Waals surface area contributed by atoms with Crippen molar-refractivity contribution in [2.45, 2.75) is 128 Å². The highest BCUT2D eigenvalue weighted by Crippen LogP contribution is 2.39. The molecule has 1 aliphatic carbocycles. The van der Waals surface area contributed by atoms with Crippen LogP contribution in [-0.4, -0.2) is 8.07 Å². The number of hydrogen-bond acceptors (Lipinski definition) is 0. The molecule has 1 saturated carbocycles. The Balaban J connectivity index is 1.29. The zero-order valence-electron chi connectivity index (χ0n) is 23.2. The second kappa shape index (κ2) is 13.3. The van der Waals surface area contributed by atoms with Crippen molar-refractivity contribution in [2.75, 3.05) is 0 Å². The summed E-state index contributed by atoms with van der Waals surface area (Å²) in [6, 6.07) is 22.4. The third-order valence-corrected chi connectivity index (χ3v) is 14.3. The van der Waals surface area contributed by atoms with Gasteiger partial charge in [0.25, 0.3) is 0 Å². The van der Waals surface area contributed by atoms with Gasteiger partial charge in [-0.25, -0.2) is 0 Å². The van der Waals surface area contributed by atoms with Crippen LogP contribution in [0.1, 0.15) is 115 Å². The van der Waals surface area contributed by atoms with Gasteiger partial charge in [-0.3, -0.25) is 0 Å². The second-order valence-corrected chi connectivity index (χ2v) is 17.1. The Bertz CT molecular complexity index is 848. The summed E-state index contributed by atoms with van der Waals surface area (Å²) in [6.45, 7) is 7.29. The molecule has 4 rings (SSSR count). The fourth-order valence-corrected chi connectivity index (χ4v) is 10.9. The van der Waals surface area contributed by atoms with Gasteiger partial charge in [0.15, 0.2) is 0 Å². The first kappa shape index (κ1) is 26.7. The maximum Gasteiger partial charge on any atom is 0.0836 e. The van der Waals surface area contributed by atoms with Crippen LogP contribution in [0, 0.1) is 11.8 Å². The lowest BCUT2D eigenvalue weighted by atomic mass is 9.77. The minimum atomic E-state index is -1.27. The predicted molar refractivity (Wildman–Crippen MR) is 158 cm³/mol. The van der Waals surface area contributed by atoms with Gasteiger partial charge in [0.1, 0.15) is 0 Å². The Labute approximate surface area is 218 Å². The fourth-order valence-electron chi connectivity index (χ4n) is 7.06. The SMILES string of the molecule is CCCCCC1CC[Si](C)(c2ccc(-c3ccc([C@H]4CC[C@H](CCCCC)CC4)cc3)cc2)CC1. The van der Waals surface area contributed by atoms with Gasteiger partial charge < -0.3 is 0 Å². The van der Waals surface area contributed by atoms with Crippen LogP contribution in [0.2, 0.25) is 18.6 Å². The molecule has 2 aliphatic rings. The molecule has 0 atom stereocenters. The summed E-state index contributed by atoms with van der Waals surface area (Å²) in [7, 11) is -1.27. The van der Waals surface area contributed by atoms with E-state index >= 15 is 0 Å². The molecule has 1 heteroatoms. The number of unbranched alkanes of at least 4 members (excludes halogenated alkanes) is 4. The molecule has 0 nitrogen and oxygen atoms in total. The molecule has 192 valence electrons. The highest BCUT2D eigenvalue weighted by Gasteiger charge is 2.34. The normalized spacial score (nSPS) is 27.1. The molecule has 1 saturated heterocycles. The van der Waals surface area contributed by atoms with Crippen molar-refractivity contribution in [3.05, 3.63) is 54.1 Å². The first-order chi connectivity index (χ1) is 17.1. The van der Waals surface area contributed by atoms with Crippen LogP contribution >= 0.6 is 0 Å². The minimum Gasteiger partial charge on any atom is -0.0654 e. The van der Waals surface area contributed by atoms with Crippen LogP contribution in [0.25, 0.3) is 11.1 Å². The van der Waals surface area contributed by atoms with Gasteiger partial charge in [-0.1, -0.05) is 150 Å². The first-order valence-electron chi connectivity index (χ1n) is 15.3. The molecule has 0 spiro atoms. The summed E-state index contributed by atoms with van der Waals surface area (Å²) >= 11 is 0. The molecule has 0 radical (unpaired) electrons. The maximum atomic E-state index is 2.65. The van der Waals surface area contributed by atoms with E-state index in [2.05, 4.69) is 68.9 Å². The Morgan fingerprint density at radius 3 is 1.60 bits per heavy atom. The van der Waals surface area contributed by atoms with E-state index < -0.39 is 8.07 Å². The Hall–Kier alpha value is -1.34. The quantitative estimate of drug-likeness (QED) is 0.218. The zero-order valence-corrected chi connectivity index (χ0v) is 24.2. The molecule has 2 aromatic rings. The van der Waals surface area contributed by atoms with Crippen molar-refractivity contribution in [3.63, 3.8) is 0 Å². The lowest BCUT2D eigenvalue weighted by Gasteiger charge is -2.36. The van der Waals surface area contributed by atoms with Crippen molar-refractivity contribution < 1.29 is 0 Å². The van der Waals surface area contributed by atoms with Crippen LogP contribution in [0.3, 0.4) is 0 Å². The third-order valence-electron chi connectivity index (χ3n) is 9.78. The summed E-state index contributed by atoms with van der Waals surface area (Å²) in [5.41, 5.74) is 4.36. The lowest BCUT2D eigenvalue weighted by molar-refractivity contribution is 0.303. The van der Waals surface area contributed by atoms with Gasteiger partial charge in [-0.05, 0) is 60.1 Å². The van der Waals surface area contributed by atoms with E-state index in [4.69, 9.17) is 0 Å². The smallest absolute Gasteiger partial charge is 0.0654 e. The fraction of sp³-hybridized carbons (Fsp3) is 0.647. The first-order valence-corrected chi connectivity index (χ1v) is 18.2. The molecule has 1 aliphatic heterocycles. The van der Waals surface area contributed by atoms with Crippen LogP contribution in [0.4, 0.5) is 0 Å². The molecule has 1 heterocycles. The molecule has 0 bridgehead atoms. The Morgan fingerprint density at radius 2 is 1.09 bits per heavy atom. The molecule has 0 unspecified atom stereocenters. The van der Waals surface area contributed by atoms with E-state index in [1.165, 1.54) is 113 Å². The van der Waals surface area contributed by atoms with Crippen LogP contribution in [-0.2, 0) is 0 Å². The van der Waals surface area contributed by atoms with Gasteiger partial charge in [-0.15, -0.1) is 0 Å². The zero-order chi connectivity index (χ0) is 24.5. The van der Waals surface area contributed by atoms with E-state index in [0.717, 1.165) is 17.8 Å². The van der Waals surface area contributed by atoms with Gasteiger partial charge in [0, 0.05) is 0 Å². The largest absolute Gasteiger partial charge is 0.0836 e. The van der Waals surface area contributed by atoms with E-state index in [9.17, 15) is 0 Å². The lowest BCUT2D eigenvalue weighted by Crippen LogP contribution is -2.47. The highest BCUT2D eigenvalue weighted by atomic mass is 28.3. The molecular formula is C34H52Si. The molecule has 2 fully saturated rings. The predicted octanol–water partition coefficient (Wildman–Crippen LogP) is 10.5. The summed E-state index contributed by atoms with van der Waals surface area (Å²) in [6.07, 6.45) is 20.0. The Kier molecular flexibility index (Phi) is 10.1. The monoisotopic (exact) mass is 488 g/mol. The standard InChI is InChI=1S/C34H52Si/c1-4-6-8-10-28-12-14-30(15-13-28)31-16-18-32(19-17-31)33-20-22-34(23-21-33)35(3)26-24-29(25-27-35)11-9-7-5-2/h16-23,28-30H,4-15,24-27H2,1-3H3/t28-,29?,30-,35?. The number of benzene rings is 2. The summed E-state index contributed by atoms with van der Waals surface area (Å²) in [5, 5.41) is 1.69. The summed E-state index contributed by atoms with van der Waals surface area (Å²) < 4.78 is 0. The topological polar surface area (TPSA) is 0 Å². The van der Waals surface area contributed by atoms with Gasteiger partial charge >= 0.3 is 0 Å². The molecular weight excluding hydrogens is 436 g/mol. The van der Waals surface area contributed by atoms with E-state index in [0.29, 0.717) is 0 Å². The van der Waals surface area contributed by atoms with Crippen molar-refractivity contribution in [1.82, 2.24) is 0 Å². The molecule has 35 heavy (non-hydrogen) atoms. The maximum absolute atomic E-state index is 2.65. The average Bonchev–Trinajstić information content (AvgIpc) is 2.91. The van der Waals surface area contributed by atoms with Crippen molar-refractivity contribution in [3.8, 4) is 11.1 Å².